The number of sulfone groups is 1. The number of hydrogen-bond donors (Lipinski definition) is 0. The minimum Gasteiger partial charge on any atom is -0.360 e. The first-order valence-electron chi connectivity index (χ1n) is 8.25. The van der Waals surface area contributed by atoms with Crippen LogP contribution in [-0.4, -0.2) is 25.1 Å². The summed E-state index contributed by atoms with van der Waals surface area (Å²) in [6, 6.07) is 5.11. The first-order valence-corrected chi connectivity index (χ1v) is 10.9. The lowest BCUT2D eigenvalue weighted by Crippen LogP contribution is -2.16. The largest absolute Gasteiger partial charge is 0.360 e. The number of nitrogens with zero attached hydrogens (tertiary/aromatic N) is 1. The molecule has 25 heavy (non-hydrogen) atoms. The standard InChI is InChI=1S/C18H20BrNO4S/c1-11(2)9-25(22,23)10-13-7-14(19)5-6-15(13)17(21)16-8-20-24-18(16)12-3-4-12/h5-8,11-12H,3-4,9-10H2,1-2H3. The van der Waals surface area contributed by atoms with E-state index in [0.717, 1.165) is 17.3 Å². The maximum atomic E-state index is 13.0. The average molecular weight is 426 g/mol. The number of hydrogen-bond acceptors (Lipinski definition) is 5. The summed E-state index contributed by atoms with van der Waals surface area (Å²) in [5, 5.41) is 3.77. The molecule has 7 heteroatoms. The molecular formula is C18H20BrNO4S. The zero-order chi connectivity index (χ0) is 18.2. The molecule has 0 aliphatic heterocycles. The second-order valence-corrected chi connectivity index (χ2v) is 9.98. The Bertz CT molecular complexity index is 898. The zero-order valence-corrected chi connectivity index (χ0v) is 16.6. The van der Waals surface area contributed by atoms with Gasteiger partial charge in [-0.25, -0.2) is 8.42 Å². The van der Waals surface area contributed by atoms with Crippen LogP contribution in [0.3, 0.4) is 0 Å². The van der Waals surface area contributed by atoms with Crippen molar-refractivity contribution in [1.29, 1.82) is 0 Å². The molecular weight excluding hydrogens is 406 g/mol. The molecule has 1 aliphatic rings. The molecule has 0 atom stereocenters. The molecule has 1 aliphatic carbocycles. The molecule has 1 fully saturated rings. The van der Waals surface area contributed by atoms with Gasteiger partial charge in [0, 0.05) is 16.0 Å². The first kappa shape index (κ1) is 18.3. The van der Waals surface area contributed by atoms with Crippen molar-refractivity contribution in [2.75, 3.05) is 5.75 Å². The zero-order valence-electron chi connectivity index (χ0n) is 14.2. The molecule has 0 N–H and O–H groups in total. The molecule has 2 aromatic rings. The van der Waals surface area contributed by atoms with E-state index >= 15 is 0 Å². The molecule has 0 radical (unpaired) electrons. The second kappa shape index (κ2) is 7.03. The van der Waals surface area contributed by atoms with Crippen LogP contribution in [0.2, 0.25) is 0 Å². The van der Waals surface area contributed by atoms with Gasteiger partial charge in [0.25, 0.3) is 0 Å². The second-order valence-electron chi connectivity index (χ2n) is 6.96. The van der Waals surface area contributed by atoms with Crippen LogP contribution >= 0.6 is 15.9 Å². The summed E-state index contributed by atoms with van der Waals surface area (Å²) in [5.41, 5.74) is 1.33. The van der Waals surface area contributed by atoms with Gasteiger partial charge in [-0.3, -0.25) is 4.79 Å². The molecule has 1 aromatic carbocycles. The van der Waals surface area contributed by atoms with E-state index in [1.165, 1.54) is 6.20 Å². The van der Waals surface area contributed by atoms with Gasteiger partial charge in [-0.1, -0.05) is 34.9 Å². The number of ketones is 1. The lowest BCUT2D eigenvalue weighted by atomic mass is 9.99. The van der Waals surface area contributed by atoms with E-state index in [4.69, 9.17) is 4.52 Å². The lowest BCUT2D eigenvalue weighted by molar-refractivity contribution is 0.103. The maximum Gasteiger partial charge on any atom is 0.198 e. The predicted molar refractivity (Wildman–Crippen MR) is 98.4 cm³/mol. The third kappa shape index (κ3) is 4.39. The smallest absolute Gasteiger partial charge is 0.198 e. The summed E-state index contributed by atoms with van der Waals surface area (Å²) in [6.07, 6.45) is 3.42. The summed E-state index contributed by atoms with van der Waals surface area (Å²) in [6.45, 7) is 3.73. The fraction of sp³-hybridized carbons (Fsp3) is 0.444. The Kier molecular flexibility index (Phi) is 5.16. The van der Waals surface area contributed by atoms with Crippen molar-refractivity contribution < 1.29 is 17.7 Å². The summed E-state index contributed by atoms with van der Waals surface area (Å²) >= 11 is 3.36. The van der Waals surface area contributed by atoms with Crippen LogP contribution < -0.4 is 0 Å². The minimum absolute atomic E-state index is 0.0378. The van der Waals surface area contributed by atoms with Crippen LogP contribution in [0.25, 0.3) is 0 Å². The van der Waals surface area contributed by atoms with Gasteiger partial charge in [-0.15, -0.1) is 0 Å². The van der Waals surface area contributed by atoms with Crippen molar-refractivity contribution in [2.45, 2.75) is 38.4 Å². The Labute approximate surface area is 155 Å². The minimum atomic E-state index is -3.30. The Morgan fingerprint density at radius 1 is 1.32 bits per heavy atom. The summed E-state index contributed by atoms with van der Waals surface area (Å²) in [7, 11) is -3.30. The quantitative estimate of drug-likeness (QED) is 0.623. The maximum absolute atomic E-state index is 13.0. The van der Waals surface area contributed by atoms with Gasteiger partial charge in [0.05, 0.1) is 23.3 Å². The highest BCUT2D eigenvalue weighted by atomic mass is 79.9. The molecule has 0 unspecified atom stereocenters. The van der Waals surface area contributed by atoms with Gasteiger partial charge in [-0.05, 0) is 42.5 Å². The summed E-state index contributed by atoms with van der Waals surface area (Å²) < 4.78 is 30.8. The fourth-order valence-electron chi connectivity index (χ4n) is 2.91. The van der Waals surface area contributed by atoms with Crippen molar-refractivity contribution in [3.63, 3.8) is 0 Å². The van der Waals surface area contributed by atoms with Crippen molar-refractivity contribution in [2.24, 2.45) is 5.92 Å². The Morgan fingerprint density at radius 3 is 2.68 bits per heavy atom. The van der Waals surface area contributed by atoms with Gasteiger partial charge in [0.1, 0.15) is 0 Å². The number of aromatic nitrogens is 1. The molecule has 1 saturated carbocycles. The Balaban J connectivity index is 1.96. The van der Waals surface area contributed by atoms with Crippen molar-refractivity contribution >= 4 is 31.6 Å². The molecule has 1 aromatic heterocycles. The number of carbonyl (C=O) groups is 1. The SMILES string of the molecule is CC(C)CS(=O)(=O)Cc1cc(Br)ccc1C(=O)c1cnoc1C1CC1. The van der Waals surface area contributed by atoms with Crippen molar-refractivity contribution in [1.82, 2.24) is 5.16 Å². The molecule has 0 saturated heterocycles. The van der Waals surface area contributed by atoms with E-state index in [1.807, 2.05) is 13.8 Å². The third-order valence-electron chi connectivity index (χ3n) is 4.07. The molecule has 5 nitrogen and oxygen atoms in total. The van der Waals surface area contributed by atoms with E-state index in [0.29, 0.717) is 22.5 Å². The number of benzene rings is 1. The highest BCUT2D eigenvalue weighted by molar-refractivity contribution is 9.10. The molecule has 0 amide bonds. The predicted octanol–water partition coefficient (Wildman–Crippen LogP) is 4.12. The van der Waals surface area contributed by atoms with E-state index < -0.39 is 9.84 Å². The van der Waals surface area contributed by atoms with Gasteiger partial charge in [0.15, 0.2) is 21.4 Å². The van der Waals surface area contributed by atoms with Gasteiger partial charge < -0.3 is 4.52 Å². The molecule has 134 valence electrons. The van der Waals surface area contributed by atoms with E-state index in [9.17, 15) is 13.2 Å². The van der Waals surface area contributed by atoms with Gasteiger partial charge in [-0.2, -0.15) is 0 Å². The van der Waals surface area contributed by atoms with E-state index in [2.05, 4.69) is 21.1 Å². The first-order chi connectivity index (χ1) is 11.8. The third-order valence-corrected chi connectivity index (χ3v) is 6.48. The number of rotatable bonds is 7. The fourth-order valence-corrected chi connectivity index (χ4v) is 5.17. The monoisotopic (exact) mass is 425 g/mol. The topological polar surface area (TPSA) is 77.2 Å². The van der Waals surface area contributed by atoms with Crippen molar-refractivity contribution in [3.8, 4) is 0 Å². The van der Waals surface area contributed by atoms with Crippen LogP contribution in [0.1, 0.15) is 59.9 Å². The van der Waals surface area contributed by atoms with Crippen LogP contribution in [0, 0.1) is 5.92 Å². The van der Waals surface area contributed by atoms with Gasteiger partial charge in [0.2, 0.25) is 0 Å². The Morgan fingerprint density at radius 2 is 2.04 bits per heavy atom. The van der Waals surface area contributed by atoms with E-state index in [1.54, 1.807) is 18.2 Å². The molecule has 1 heterocycles. The lowest BCUT2D eigenvalue weighted by Gasteiger charge is -2.11. The molecule has 0 bridgehead atoms. The van der Waals surface area contributed by atoms with Crippen LogP contribution in [-0.2, 0) is 15.6 Å². The normalized spacial score (nSPS) is 14.9. The van der Waals surface area contributed by atoms with E-state index in [-0.39, 0.29) is 29.1 Å². The van der Waals surface area contributed by atoms with Crippen LogP contribution in [0.5, 0.6) is 0 Å². The number of carbonyl (C=O) groups excluding carboxylic acids is 1. The number of halogens is 1. The summed E-state index contributed by atoms with van der Waals surface area (Å²) in [4.78, 5) is 13.0. The van der Waals surface area contributed by atoms with Gasteiger partial charge >= 0.3 is 0 Å². The average Bonchev–Trinajstić information content (AvgIpc) is 3.22. The van der Waals surface area contributed by atoms with Crippen molar-refractivity contribution in [3.05, 3.63) is 51.3 Å². The summed E-state index contributed by atoms with van der Waals surface area (Å²) in [5.74, 6) is 0.610. The highest BCUT2D eigenvalue weighted by Gasteiger charge is 2.33. The highest BCUT2D eigenvalue weighted by Crippen LogP contribution is 2.42. The van der Waals surface area contributed by atoms with Crippen LogP contribution in [0.15, 0.2) is 33.4 Å². The van der Waals surface area contributed by atoms with Crippen LogP contribution in [0.4, 0.5) is 0 Å². The molecule has 0 spiro atoms. The molecule has 3 rings (SSSR count). The Hall–Kier alpha value is -1.47.